The third-order valence-corrected chi connectivity index (χ3v) is 7.41. The Bertz CT molecular complexity index is 1540. The fourth-order valence-electron chi connectivity index (χ4n) is 4.98. The smallest absolute Gasteiger partial charge is 0.354 e. The molecular weight excluding hydrogens is 539 g/mol. The zero-order valence-corrected chi connectivity index (χ0v) is 22.4. The van der Waals surface area contributed by atoms with Gasteiger partial charge in [-0.15, -0.1) is 0 Å². The van der Waals surface area contributed by atoms with Crippen LogP contribution in [0.5, 0.6) is 5.88 Å². The van der Waals surface area contributed by atoms with Crippen LogP contribution in [-0.4, -0.2) is 67.3 Å². The number of carbonyl (C=O) groups is 1. The van der Waals surface area contributed by atoms with Crippen molar-refractivity contribution in [2.45, 2.75) is 44.7 Å². The highest BCUT2D eigenvalue weighted by Crippen LogP contribution is 2.24. The minimum Gasteiger partial charge on any atom is -0.477 e. The van der Waals surface area contributed by atoms with Crippen LogP contribution < -0.4 is 10.1 Å². The van der Waals surface area contributed by atoms with Gasteiger partial charge in [-0.2, -0.15) is 4.98 Å². The molecule has 0 bridgehead atoms. The lowest BCUT2D eigenvalue weighted by atomic mass is 10.2. The van der Waals surface area contributed by atoms with Crippen molar-refractivity contribution in [1.82, 2.24) is 24.4 Å². The number of nitrogens with one attached hydrogen (secondary N) is 1. The van der Waals surface area contributed by atoms with Crippen molar-refractivity contribution < 1.29 is 23.8 Å². The zero-order chi connectivity index (χ0) is 27.6. The first kappa shape index (κ1) is 26.4. The van der Waals surface area contributed by atoms with E-state index in [2.05, 4.69) is 20.2 Å². The maximum atomic E-state index is 14.1. The Morgan fingerprint density at radius 1 is 1.18 bits per heavy atom. The van der Waals surface area contributed by atoms with Gasteiger partial charge in [0.15, 0.2) is 11.3 Å². The molecule has 0 unspecified atom stereocenters. The summed E-state index contributed by atoms with van der Waals surface area (Å²) in [6.45, 7) is 3.62. The van der Waals surface area contributed by atoms with Crippen molar-refractivity contribution in [2.24, 2.45) is 0 Å². The van der Waals surface area contributed by atoms with Gasteiger partial charge in [-0.05, 0) is 43.2 Å². The van der Waals surface area contributed by atoms with E-state index in [1.165, 1.54) is 12.1 Å². The van der Waals surface area contributed by atoms with Crippen LogP contribution in [-0.2, 0) is 24.4 Å². The Morgan fingerprint density at radius 3 is 2.83 bits per heavy atom. The molecule has 0 radical (unpaired) electrons. The average Bonchev–Trinajstić information content (AvgIpc) is 3.49. The number of aromatic carboxylic acids is 1. The Morgan fingerprint density at radius 2 is 2.05 bits per heavy atom. The van der Waals surface area contributed by atoms with Crippen LogP contribution in [0.3, 0.4) is 0 Å². The fraction of sp³-hybridized carbons (Fsp3) is 0.357. The molecule has 2 saturated heterocycles. The second-order valence-electron chi connectivity index (χ2n) is 10.0. The van der Waals surface area contributed by atoms with Gasteiger partial charge in [0.1, 0.15) is 29.6 Å². The summed E-state index contributed by atoms with van der Waals surface area (Å²) in [6, 6.07) is 13.3. The van der Waals surface area contributed by atoms with Crippen molar-refractivity contribution in [3.63, 3.8) is 0 Å². The van der Waals surface area contributed by atoms with Crippen LogP contribution in [0, 0.1) is 5.82 Å². The van der Waals surface area contributed by atoms with Gasteiger partial charge in [0, 0.05) is 42.4 Å². The van der Waals surface area contributed by atoms with Crippen LogP contribution in [0.15, 0.2) is 48.5 Å². The van der Waals surface area contributed by atoms with Crippen molar-refractivity contribution in [1.29, 1.82) is 0 Å². The molecule has 2 fully saturated rings. The summed E-state index contributed by atoms with van der Waals surface area (Å²) in [5.41, 5.74) is 1.64. The number of likely N-dealkylation sites (tertiary alicyclic amines) is 1. The lowest BCUT2D eigenvalue weighted by Crippen LogP contribution is -2.33. The third-order valence-electron chi connectivity index (χ3n) is 7.17. The standard InChI is InChI=1S/C28H28ClFN6O4/c29-18-5-4-17(21(30)12-18)16-40-26-3-1-2-24(34-26)31-19-8-10-35(13-19)15-25-32-22-6-7-23(28(37)38)33-27(22)36(25)14-20-9-11-39-20/h1-7,12,19-20H,8-11,13-16H2,(H,31,34)(H,37,38)/t19-,20+/m1/s1. The van der Waals surface area contributed by atoms with E-state index in [1.54, 1.807) is 24.3 Å². The molecule has 6 rings (SSSR count). The average molecular weight is 567 g/mol. The summed E-state index contributed by atoms with van der Waals surface area (Å²) >= 11 is 5.82. The highest BCUT2D eigenvalue weighted by atomic mass is 35.5. The number of aromatic nitrogens is 4. The first-order valence-corrected chi connectivity index (χ1v) is 13.5. The molecule has 2 aliphatic heterocycles. The number of benzene rings is 1. The van der Waals surface area contributed by atoms with Crippen LogP contribution in [0.1, 0.15) is 34.7 Å². The van der Waals surface area contributed by atoms with Gasteiger partial charge in [0.2, 0.25) is 5.88 Å². The molecule has 10 nitrogen and oxygen atoms in total. The summed E-state index contributed by atoms with van der Waals surface area (Å²) in [4.78, 5) is 27.5. The van der Waals surface area contributed by atoms with Crippen molar-refractivity contribution in [3.05, 3.63) is 76.5 Å². The van der Waals surface area contributed by atoms with E-state index in [4.69, 9.17) is 26.1 Å². The number of imidazole rings is 1. The molecule has 3 aromatic heterocycles. The number of pyridine rings is 2. The van der Waals surface area contributed by atoms with Crippen LogP contribution in [0.4, 0.5) is 10.2 Å². The minimum atomic E-state index is -1.07. The molecule has 40 heavy (non-hydrogen) atoms. The molecule has 4 aromatic rings. The second kappa shape index (κ2) is 11.4. The number of hydrogen-bond acceptors (Lipinski definition) is 8. The van der Waals surface area contributed by atoms with Crippen molar-refractivity contribution in [2.75, 3.05) is 25.0 Å². The molecule has 2 atom stereocenters. The number of fused-ring (bicyclic) bond motifs is 1. The maximum absolute atomic E-state index is 14.1. The number of anilines is 1. The van der Waals surface area contributed by atoms with Gasteiger partial charge in [-0.3, -0.25) is 4.90 Å². The molecule has 2 aliphatic rings. The Balaban J connectivity index is 1.10. The molecule has 0 saturated carbocycles. The van der Waals surface area contributed by atoms with Gasteiger partial charge >= 0.3 is 5.97 Å². The number of ether oxygens (including phenoxy) is 2. The number of nitrogens with zero attached hydrogens (tertiary/aromatic N) is 5. The normalized spacial score (nSPS) is 19.1. The van der Waals surface area contributed by atoms with E-state index >= 15 is 0 Å². The number of carboxylic acids is 1. The maximum Gasteiger partial charge on any atom is 0.354 e. The molecule has 12 heteroatoms. The van der Waals surface area contributed by atoms with Gasteiger partial charge < -0.3 is 24.5 Å². The highest BCUT2D eigenvalue weighted by molar-refractivity contribution is 6.30. The van der Waals surface area contributed by atoms with Crippen LogP contribution >= 0.6 is 11.6 Å². The van der Waals surface area contributed by atoms with E-state index in [0.717, 1.165) is 38.4 Å². The van der Waals surface area contributed by atoms with E-state index < -0.39 is 11.8 Å². The van der Waals surface area contributed by atoms with Crippen LogP contribution in [0.2, 0.25) is 5.02 Å². The minimum absolute atomic E-state index is 0.00262. The SMILES string of the molecule is O=C(O)c1ccc2nc(CN3CC[C@@H](Nc4cccc(OCc5ccc(Cl)cc5F)n4)C3)n(C[C@@H]3CCO3)c2n1. The number of halogens is 2. The summed E-state index contributed by atoms with van der Waals surface area (Å²) in [5, 5.41) is 13.2. The lowest BCUT2D eigenvalue weighted by molar-refractivity contribution is -0.0592. The predicted octanol–water partition coefficient (Wildman–Crippen LogP) is 4.37. The topological polar surface area (TPSA) is 115 Å². The predicted molar refractivity (Wildman–Crippen MR) is 146 cm³/mol. The zero-order valence-electron chi connectivity index (χ0n) is 21.6. The molecule has 2 N–H and O–H groups in total. The van der Waals surface area contributed by atoms with E-state index in [9.17, 15) is 14.3 Å². The van der Waals surface area contributed by atoms with Crippen LogP contribution in [0.25, 0.3) is 11.2 Å². The largest absolute Gasteiger partial charge is 0.477 e. The lowest BCUT2D eigenvalue weighted by Gasteiger charge is -2.28. The number of hydrogen-bond donors (Lipinski definition) is 2. The summed E-state index contributed by atoms with van der Waals surface area (Å²) in [6.07, 6.45) is 1.95. The Labute approximate surface area is 234 Å². The Kier molecular flexibility index (Phi) is 7.50. The quantitative estimate of drug-likeness (QED) is 0.289. The van der Waals surface area contributed by atoms with Gasteiger partial charge in [0.05, 0.1) is 19.2 Å². The molecule has 208 valence electrons. The van der Waals surface area contributed by atoms with E-state index in [0.29, 0.717) is 46.5 Å². The molecule has 1 aromatic carbocycles. The summed E-state index contributed by atoms with van der Waals surface area (Å²) in [7, 11) is 0. The van der Waals surface area contributed by atoms with Gasteiger partial charge in [-0.1, -0.05) is 23.7 Å². The molecule has 0 aliphatic carbocycles. The summed E-state index contributed by atoms with van der Waals surface area (Å²) in [5.74, 6) is 0.434. The van der Waals surface area contributed by atoms with Gasteiger partial charge in [0.25, 0.3) is 0 Å². The number of carboxylic acid groups (broad SMARTS) is 1. The first-order valence-electron chi connectivity index (χ1n) is 13.1. The monoisotopic (exact) mass is 566 g/mol. The molecule has 0 spiro atoms. The van der Waals surface area contributed by atoms with Gasteiger partial charge in [-0.25, -0.2) is 19.2 Å². The molecule has 5 heterocycles. The van der Waals surface area contributed by atoms with E-state index in [-0.39, 0.29) is 24.4 Å². The first-order chi connectivity index (χ1) is 19.4. The summed E-state index contributed by atoms with van der Waals surface area (Å²) < 4.78 is 27.4. The second-order valence-corrected chi connectivity index (χ2v) is 10.5. The third kappa shape index (κ3) is 5.86. The molecular formula is C28H28ClFN6O4. The Hall–Kier alpha value is -3.80. The fourth-order valence-corrected chi connectivity index (χ4v) is 5.14. The van der Waals surface area contributed by atoms with Crippen molar-refractivity contribution in [3.8, 4) is 5.88 Å². The number of rotatable bonds is 10. The highest BCUT2D eigenvalue weighted by Gasteiger charge is 2.27. The van der Waals surface area contributed by atoms with Crippen molar-refractivity contribution >= 4 is 34.6 Å². The van der Waals surface area contributed by atoms with E-state index in [1.807, 2.05) is 16.7 Å². The molecule has 0 amide bonds.